The Morgan fingerprint density at radius 3 is 2.24 bits per heavy atom. The zero-order valence-electron chi connectivity index (χ0n) is 15.4. The molecule has 2 rings (SSSR count). The van der Waals surface area contributed by atoms with Gasteiger partial charge in [-0.2, -0.15) is 13.2 Å². The maximum absolute atomic E-state index is 12.1. The first kappa shape index (κ1) is 22.5. The number of alkyl halides is 3. The fourth-order valence-electron chi connectivity index (χ4n) is 2.31. The van der Waals surface area contributed by atoms with Crippen LogP contribution < -0.4 is 15.4 Å². The van der Waals surface area contributed by atoms with Gasteiger partial charge in [0.25, 0.3) is 5.91 Å². The van der Waals surface area contributed by atoms with Crippen molar-refractivity contribution in [3.05, 3.63) is 64.7 Å². The van der Waals surface area contributed by atoms with Crippen LogP contribution >= 0.6 is 11.6 Å². The molecule has 0 unspecified atom stereocenters. The van der Waals surface area contributed by atoms with Gasteiger partial charge in [-0.15, -0.1) is 0 Å². The van der Waals surface area contributed by atoms with Crippen LogP contribution in [0.4, 0.5) is 13.2 Å². The Kier molecular flexibility index (Phi) is 8.33. The van der Waals surface area contributed by atoms with Crippen molar-refractivity contribution in [1.82, 2.24) is 10.6 Å². The van der Waals surface area contributed by atoms with Crippen LogP contribution in [0.2, 0.25) is 5.02 Å². The van der Waals surface area contributed by atoms with Crippen molar-refractivity contribution < 1.29 is 27.5 Å². The van der Waals surface area contributed by atoms with Crippen LogP contribution in [0.5, 0.6) is 5.75 Å². The number of nitrogens with one attached hydrogen (secondary N) is 2. The van der Waals surface area contributed by atoms with E-state index in [4.69, 9.17) is 11.6 Å². The molecule has 0 radical (unpaired) electrons. The fourth-order valence-corrected chi connectivity index (χ4v) is 2.44. The van der Waals surface area contributed by atoms with Crippen LogP contribution in [0.25, 0.3) is 0 Å². The van der Waals surface area contributed by atoms with Gasteiger partial charge in [-0.1, -0.05) is 23.7 Å². The van der Waals surface area contributed by atoms with Crippen molar-refractivity contribution in [2.24, 2.45) is 0 Å². The Bertz CT molecular complexity index is 809. The second-order valence-electron chi connectivity index (χ2n) is 6.19. The van der Waals surface area contributed by atoms with E-state index in [0.717, 1.165) is 5.56 Å². The lowest BCUT2D eigenvalue weighted by Gasteiger charge is -2.10. The summed E-state index contributed by atoms with van der Waals surface area (Å²) < 4.78 is 40.9. The maximum Gasteiger partial charge on any atom is 0.422 e. The molecule has 0 fully saturated rings. The van der Waals surface area contributed by atoms with E-state index in [2.05, 4.69) is 15.4 Å². The zero-order chi connectivity index (χ0) is 21.3. The Morgan fingerprint density at radius 2 is 1.62 bits per heavy atom. The van der Waals surface area contributed by atoms with Gasteiger partial charge >= 0.3 is 6.18 Å². The molecule has 0 saturated carbocycles. The molecule has 0 atom stereocenters. The van der Waals surface area contributed by atoms with Crippen LogP contribution in [-0.2, 0) is 11.3 Å². The second kappa shape index (κ2) is 10.7. The standard InChI is InChI=1S/C20H20ClF3N2O3/c21-16-7-5-15(6-8-16)19(28)25-11-1-2-18(27)26-12-14-3-9-17(10-4-14)29-13-20(22,23)24/h3-10H,1-2,11-13H2,(H,25,28)(H,26,27). The number of benzene rings is 2. The predicted molar refractivity (Wildman–Crippen MR) is 103 cm³/mol. The Hall–Kier alpha value is -2.74. The first-order valence-corrected chi connectivity index (χ1v) is 9.20. The summed E-state index contributed by atoms with van der Waals surface area (Å²) in [6.07, 6.45) is -3.69. The molecular weight excluding hydrogens is 409 g/mol. The molecule has 0 spiro atoms. The summed E-state index contributed by atoms with van der Waals surface area (Å²) in [6, 6.07) is 12.5. The molecule has 0 aromatic heterocycles. The number of hydrogen-bond acceptors (Lipinski definition) is 3. The van der Waals surface area contributed by atoms with E-state index in [0.29, 0.717) is 23.6 Å². The third kappa shape index (κ3) is 8.87. The van der Waals surface area contributed by atoms with Gasteiger partial charge < -0.3 is 15.4 Å². The molecule has 156 valence electrons. The molecule has 29 heavy (non-hydrogen) atoms. The average molecular weight is 429 g/mol. The lowest BCUT2D eigenvalue weighted by Crippen LogP contribution is -2.27. The van der Waals surface area contributed by atoms with Crippen molar-refractivity contribution in [2.45, 2.75) is 25.6 Å². The van der Waals surface area contributed by atoms with E-state index in [-0.39, 0.29) is 30.5 Å². The highest BCUT2D eigenvalue weighted by molar-refractivity contribution is 6.30. The van der Waals surface area contributed by atoms with Gasteiger partial charge in [-0.05, 0) is 48.4 Å². The number of carbonyl (C=O) groups excluding carboxylic acids is 2. The summed E-state index contributed by atoms with van der Waals surface area (Å²) in [5, 5.41) is 5.98. The minimum atomic E-state index is -4.39. The van der Waals surface area contributed by atoms with Gasteiger partial charge in [0.2, 0.25) is 5.91 Å². The number of amides is 2. The first-order chi connectivity index (χ1) is 13.7. The van der Waals surface area contributed by atoms with E-state index >= 15 is 0 Å². The molecule has 0 aliphatic carbocycles. The summed E-state index contributed by atoms with van der Waals surface area (Å²) in [5.41, 5.74) is 1.22. The van der Waals surface area contributed by atoms with Crippen molar-refractivity contribution in [3.63, 3.8) is 0 Å². The van der Waals surface area contributed by atoms with Crippen molar-refractivity contribution in [1.29, 1.82) is 0 Å². The molecule has 2 amide bonds. The summed E-state index contributed by atoms with van der Waals surface area (Å²) in [7, 11) is 0. The number of carbonyl (C=O) groups is 2. The highest BCUT2D eigenvalue weighted by atomic mass is 35.5. The van der Waals surface area contributed by atoms with E-state index in [1.165, 1.54) is 12.1 Å². The molecule has 9 heteroatoms. The Morgan fingerprint density at radius 1 is 0.966 bits per heavy atom. The highest BCUT2D eigenvalue weighted by Gasteiger charge is 2.28. The molecule has 2 N–H and O–H groups in total. The Labute approximate surface area is 171 Å². The monoisotopic (exact) mass is 428 g/mol. The van der Waals surface area contributed by atoms with Gasteiger partial charge in [-0.25, -0.2) is 0 Å². The Balaban J connectivity index is 1.63. The molecule has 0 aliphatic rings. The summed E-state index contributed by atoms with van der Waals surface area (Å²) in [4.78, 5) is 23.8. The molecule has 0 bridgehead atoms. The van der Waals surface area contributed by atoms with Crippen molar-refractivity contribution in [2.75, 3.05) is 13.2 Å². The van der Waals surface area contributed by atoms with Crippen LogP contribution in [0.15, 0.2) is 48.5 Å². The molecule has 0 heterocycles. The second-order valence-corrected chi connectivity index (χ2v) is 6.63. The lowest BCUT2D eigenvalue weighted by molar-refractivity contribution is -0.153. The van der Waals surface area contributed by atoms with E-state index in [1.54, 1.807) is 36.4 Å². The third-order valence-electron chi connectivity index (χ3n) is 3.79. The maximum atomic E-state index is 12.1. The smallest absolute Gasteiger partial charge is 0.422 e. The van der Waals surface area contributed by atoms with E-state index < -0.39 is 12.8 Å². The van der Waals surface area contributed by atoms with Gasteiger partial charge in [0.15, 0.2) is 6.61 Å². The molecule has 0 aliphatic heterocycles. The zero-order valence-corrected chi connectivity index (χ0v) is 16.1. The minimum Gasteiger partial charge on any atom is -0.484 e. The van der Waals surface area contributed by atoms with Crippen molar-refractivity contribution >= 4 is 23.4 Å². The van der Waals surface area contributed by atoms with Gasteiger partial charge in [0.1, 0.15) is 5.75 Å². The van der Waals surface area contributed by atoms with Gasteiger partial charge in [0, 0.05) is 30.1 Å². The summed E-state index contributed by atoms with van der Waals surface area (Å²) >= 11 is 5.77. The molecule has 2 aromatic carbocycles. The lowest BCUT2D eigenvalue weighted by atomic mass is 10.2. The molecule has 0 saturated heterocycles. The molecular formula is C20H20ClF3N2O3. The highest BCUT2D eigenvalue weighted by Crippen LogP contribution is 2.18. The molecule has 5 nitrogen and oxygen atoms in total. The molecule has 2 aromatic rings. The normalized spacial score (nSPS) is 11.0. The van der Waals surface area contributed by atoms with Crippen LogP contribution in [0.1, 0.15) is 28.8 Å². The number of ether oxygens (including phenoxy) is 1. The van der Waals surface area contributed by atoms with Crippen molar-refractivity contribution in [3.8, 4) is 5.75 Å². The van der Waals surface area contributed by atoms with Crippen LogP contribution in [0.3, 0.4) is 0 Å². The van der Waals surface area contributed by atoms with Crippen LogP contribution in [-0.4, -0.2) is 31.1 Å². The topological polar surface area (TPSA) is 67.4 Å². The quantitative estimate of drug-likeness (QED) is 0.591. The summed E-state index contributed by atoms with van der Waals surface area (Å²) in [5.74, 6) is -0.327. The number of rotatable bonds is 9. The number of hydrogen-bond donors (Lipinski definition) is 2. The largest absolute Gasteiger partial charge is 0.484 e. The number of halogens is 4. The SMILES string of the molecule is O=C(CCCNC(=O)c1ccc(Cl)cc1)NCc1ccc(OCC(F)(F)F)cc1. The summed E-state index contributed by atoms with van der Waals surface area (Å²) in [6.45, 7) is -0.757. The third-order valence-corrected chi connectivity index (χ3v) is 4.04. The van der Waals surface area contributed by atoms with E-state index in [9.17, 15) is 22.8 Å². The average Bonchev–Trinajstić information content (AvgIpc) is 2.68. The predicted octanol–water partition coefficient (Wildman–Crippen LogP) is 4.11. The first-order valence-electron chi connectivity index (χ1n) is 8.82. The minimum absolute atomic E-state index is 0.105. The van der Waals surface area contributed by atoms with Crippen LogP contribution in [0, 0.1) is 0 Å². The fraction of sp³-hybridized carbons (Fsp3) is 0.300. The van der Waals surface area contributed by atoms with Gasteiger partial charge in [0.05, 0.1) is 0 Å². The van der Waals surface area contributed by atoms with E-state index in [1.807, 2.05) is 0 Å². The van der Waals surface area contributed by atoms with Gasteiger partial charge in [-0.3, -0.25) is 9.59 Å².